The number of aliphatic carboxylic acids is 1. The number of aromatic nitrogens is 2. The maximum atomic E-state index is 11.6. The number of carbonyl (C=O) groups is 1. The van der Waals surface area contributed by atoms with Crippen LogP contribution < -0.4 is 0 Å². The summed E-state index contributed by atoms with van der Waals surface area (Å²) in [6, 6.07) is -0.118. The molecule has 2 fully saturated rings. The highest BCUT2D eigenvalue weighted by Gasteiger charge is 2.45. The van der Waals surface area contributed by atoms with E-state index in [2.05, 4.69) is 15.0 Å². The second-order valence-electron chi connectivity index (χ2n) is 6.52. The molecule has 0 bridgehead atoms. The van der Waals surface area contributed by atoms with E-state index in [1.807, 2.05) is 13.8 Å². The highest BCUT2D eigenvalue weighted by molar-refractivity contribution is 5.74. The Morgan fingerprint density at radius 1 is 1.48 bits per heavy atom. The van der Waals surface area contributed by atoms with Crippen LogP contribution in [0.2, 0.25) is 0 Å². The molecule has 0 amide bonds. The van der Waals surface area contributed by atoms with Crippen molar-refractivity contribution in [2.45, 2.75) is 70.7 Å². The lowest BCUT2D eigenvalue weighted by atomic mass is 9.85. The van der Waals surface area contributed by atoms with Crippen molar-refractivity contribution in [1.29, 1.82) is 0 Å². The molecule has 23 heavy (non-hydrogen) atoms. The Bertz CT molecular complexity index is 547. The van der Waals surface area contributed by atoms with Gasteiger partial charge in [-0.2, -0.15) is 4.98 Å². The minimum Gasteiger partial charge on any atom is -0.480 e. The highest BCUT2D eigenvalue weighted by atomic mass is 16.5. The largest absolute Gasteiger partial charge is 0.480 e. The maximum Gasteiger partial charge on any atom is 0.320 e. The number of likely N-dealkylation sites (tertiary alicyclic amines) is 1. The topological polar surface area (TPSA) is 88.7 Å². The molecule has 0 aromatic carbocycles. The molecule has 1 saturated heterocycles. The summed E-state index contributed by atoms with van der Waals surface area (Å²) in [6.45, 7) is 4.79. The Hall–Kier alpha value is -1.47. The average molecular weight is 323 g/mol. The third-order valence-corrected chi connectivity index (χ3v) is 5.09. The molecule has 2 heterocycles. The molecule has 4 atom stereocenters. The monoisotopic (exact) mass is 323 g/mol. The summed E-state index contributed by atoms with van der Waals surface area (Å²) in [5, 5.41) is 13.5. The Morgan fingerprint density at radius 3 is 3.00 bits per heavy atom. The molecule has 7 nitrogen and oxygen atoms in total. The summed E-state index contributed by atoms with van der Waals surface area (Å²) < 4.78 is 10.8. The summed E-state index contributed by atoms with van der Waals surface area (Å²) in [7, 11) is 0. The normalized spacial score (nSPS) is 29.4. The zero-order valence-corrected chi connectivity index (χ0v) is 13.8. The lowest BCUT2D eigenvalue weighted by Crippen LogP contribution is -2.41. The van der Waals surface area contributed by atoms with Gasteiger partial charge in [0.25, 0.3) is 0 Å². The number of carboxylic acid groups (broad SMARTS) is 1. The third kappa shape index (κ3) is 3.40. The Labute approximate surface area is 136 Å². The van der Waals surface area contributed by atoms with E-state index in [1.165, 1.54) is 12.8 Å². The number of carboxylic acids is 1. The molecule has 4 unspecified atom stereocenters. The molecule has 1 aromatic heterocycles. The van der Waals surface area contributed by atoms with Crippen LogP contribution in [0.3, 0.4) is 0 Å². The summed E-state index contributed by atoms with van der Waals surface area (Å²) in [6.07, 6.45) is 5.08. The summed E-state index contributed by atoms with van der Waals surface area (Å²) in [4.78, 5) is 18.1. The van der Waals surface area contributed by atoms with Crippen LogP contribution in [0.25, 0.3) is 0 Å². The van der Waals surface area contributed by atoms with Gasteiger partial charge in [0.05, 0.1) is 6.54 Å². The molecule has 1 aliphatic carbocycles. The first-order chi connectivity index (χ1) is 11.1. The first-order valence-electron chi connectivity index (χ1n) is 8.52. The van der Waals surface area contributed by atoms with Gasteiger partial charge in [-0.1, -0.05) is 18.0 Å². The quantitative estimate of drug-likeness (QED) is 0.859. The summed E-state index contributed by atoms with van der Waals surface area (Å²) >= 11 is 0. The fraction of sp³-hybridized carbons (Fsp3) is 0.812. The third-order valence-electron chi connectivity index (χ3n) is 5.09. The van der Waals surface area contributed by atoms with E-state index in [0.717, 1.165) is 19.3 Å². The van der Waals surface area contributed by atoms with Crippen molar-refractivity contribution < 1.29 is 19.2 Å². The van der Waals surface area contributed by atoms with E-state index < -0.39 is 12.0 Å². The van der Waals surface area contributed by atoms with Crippen LogP contribution in [-0.4, -0.2) is 44.8 Å². The lowest BCUT2D eigenvalue weighted by molar-refractivity contribution is -0.143. The Morgan fingerprint density at radius 2 is 2.26 bits per heavy atom. The number of hydrogen-bond donors (Lipinski definition) is 1. The zero-order chi connectivity index (χ0) is 16.4. The van der Waals surface area contributed by atoms with Gasteiger partial charge in [0.1, 0.15) is 12.1 Å². The van der Waals surface area contributed by atoms with E-state index in [-0.39, 0.29) is 6.10 Å². The van der Waals surface area contributed by atoms with Crippen molar-refractivity contribution in [2.24, 2.45) is 5.92 Å². The molecule has 1 N–H and O–H groups in total. The Kier molecular flexibility index (Phi) is 4.96. The first kappa shape index (κ1) is 16.4. The SMILES string of the molecule is CCOC(C)c1noc(CN2C(C(=O)O)CC3CCCCC32)n1. The van der Waals surface area contributed by atoms with Crippen LogP contribution in [-0.2, 0) is 16.1 Å². The van der Waals surface area contributed by atoms with Gasteiger partial charge in [-0.05, 0) is 39.0 Å². The number of nitrogens with zero attached hydrogens (tertiary/aromatic N) is 3. The molecule has 0 radical (unpaired) electrons. The highest BCUT2D eigenvalue weighted by Crippen LogP contribution is 2.40. The van der Waals surface area contributed by atoms with E-state index in [0.29, 0.717) is 36.8 Å². The van der Waals surface area contributed by atoms with Gasteiger partial charge in [-0.15, -0.1) is 0 Å². The van der Waals surface area contributed by atoms with Crippen LogP contribution in [0.15, 0.2) is 4.52 Å². The molecular formula is C16H25N3O4. The minimum absolute atomic E-state index is 0.214. The van der Waals surface area contributed by atoms with Crippen LogP contribution >= 0.6 is 0 Å². The molecular weight excluding hydrogens is 298 g/mol. The number of rotatable bonds is 6. The predicted octanol–water partition coefficient (Wildman–Crippen LogP) is 2.38. The fourth-order valence-corrected chi connectivity index (χ4v) is 4.00. The van der Waals surface area contributed by atoms with Gasteiger partial charge in [-0.25, -0.2) is 0 Å². The van der Waals surface area contributed by atoms with Crippen molar-refractivity contribution in [2.75, 3.05) is 6.61 Å². The number of ether oxygens (including phenoxy) is 1. The van der Waals surface area contributed by atoms with Gasteiger partial charge >= 0.3 is 5.97 Å². The van der Waals surface area contributed by atoms with Crippen LogP contribution in [0, 0.1) is 5.92 Å². The number of hydrogen-bond acceptors (Lipinski definition) is 6. The average Bonchev–Trinajstić information content (AvgIpc) is 3.13. The van der Waals surface area contributed by atoms with E-state index >= 15 is 0 Å². The lowest BCUT2D eigenvalue weighted by Gasteiger charge is -2.31. The van der Waals surface area contributed by atoms with Gasteiger partial charge in [0.2, 0.25) is 5.89 Å². The molecule has 7 heteroatoms. The van der Waals surface area contributed by atoms with Gasteiger partial charge in [0, 0.05) is 12.6 Å². The van der Waals surface area contributed by atoms with Crippen molar-refractivity contribution in [3.8, 4) is 0 Å². The van der Waals surface area contributed by atoms with Crippen LogP contribution in [0.4, 0.5) is 0 Å². The molecule has 0 spiro atoms. The van der Waals surface area contributed by atoms with Crippen LogP contribution in [0.5, 0.6) is 0 Å². The molecule has 1 saturated carbocycles. The second-order valence-corrected chi connectivity index (χ2v) is 6.52. The molecule has 2 aliphatic rings. The molecule has 1 aromatic rings. The van der Waals surface area contributed by atoms with Crippen molar-refractivity contribution in [3.05, 3.63) is 11.7 Å². The standard InChI is InChI=1S/C16H25N3O4/c1-3-22-10(2)15-17-14(23-18-15)9-19-12-7-5-4-6-11(12)8-13(19)16(20)21/h10-13H,3-9H2,1-2H3,(H,20,21). The zero-order valence-electron chi connectivity index (χ0n) is 13.8. The minimum atomic E-state index is -0.748. The maximum absolute atomic E-state index is 11.6. The number of fused-ring (bicyclic) bond motifs is 1. The fourth-order valence-electron chi connectivity index (χ4n) is 4.00. The van der Waals surface area contributed by atoms with E-state index in [4.69, 9.17) is 9.26 Å². The summed E-state index contributed by atoms with van der Waals surface area (Å²) in [5.74, 6) is 0.730. The van der Waals surface area contributed by atoms with Crippen molar-refractivity contribution >= 4 is 5.97 Å². The predicted molar refractivity (Wildman–Crippen MR) is 81.7 cm³/mol. The van der Waals surface area contributed by atoms with E-state index in [9.17, 15) is 9.90 Å². The van der Waals surface area contributed by atoms with Gasteiger partial charge in [0.15, 0.2) is 5.82 Å². The smallest absolute Gasteiger partial charge is 0.320 e. The summed E-state index contributed by atoms with van der Waals surface area (Å²) in [5.41, 5.74) is 0. The van der Waals surface area contributed by atoms with Crippen molar-refractivity contribution in [3.63, 3.8) is 0 Å². The van der Waals surface area contributed by atoms with Crippen LogP contribution in [0.1, 0.15) is 63.8 Å². The Balaban J connectivity index is 1.73. The van der Waals surface area contributed by atoms with Crippen molar-refractivity contribution in [1.82, 2.24) is 15.0 Å². The van der Waals surface area contributed by atoms with E-state index in [1.54, 1.807) is 0 Å². The molecule has 1 aliphatic heterocycles. The molecule has 128 valence electrons. The van der Waals surface area contributed by atoms with Gasteiger partial charge in [-0.3, -0.25) is 9.69 Å². The second kappa shape index (κ2) is 6.97. The first-order valence-corrected chi connectivity index (χ1v) is 8.52. The van der Waals surface area contributed by atoms with Gasteiger partial charge < -0.3 is 14.4 Å². The molecule has 3 rings (SSSR count).